The third-order valence-corrected chi connectivity index (χ3v) is 4.99. The quantitative estimate of drug-likeness (QED) is 0.784. The van der Waals surface area contributed by atoms with Gasteiger partial charge in [-0.15, -0.1) is 0 Å². The van der Waals surface area contributed by atoms with Crippen LogP contribution in [0.3, 0.4) is 0 Å². The minimum atomic E-state index is -4.48. The van der Waals surface area contributed by atoms with Gasteiger partial charge in [0.25, 0.3) is 0 Å². The Kier molecular flexibility index (Phi) is 4.46. The largest absolute Gasteiger partial charge is 0.460 e. The summed E-state index contributed by atoms with van der Waals surface area (Å²) in [6, 6.07) is 9.77. The first kappa shape index (κ1) is 18.9. The SMILES string of the molecule is N#CC1=C(N)OC2=C(C(=O)CCC2)[C@@H]1c1ccc(-c2cccc(C(F)(F)F)c2)o1. The van der Waals surface area contributed by atoms with Crippen LogP contribution in [0.1, 0.15) is 36.5 Å². The normalized spacial score (nSPS) is 19.7. The van der Waals surface area contributed by atoms with E-state index in [1.54, 1.807) is 6.07 Å². The Labute approximate surface area is 163 Å². The molecule has 2 heterocycles. The van der Waals surface area contributed by atoms with Gasteiger partial charge in [-0.25, -0.2) is 0 Å². The van der Waals surface area contributed by atoms with Crippen LogP contribution in [0.4, 0.5) is 13.2 Å². The van der Waals surface area contributed by atoms with Crippen molar-refractivity contribution in [3.05, 3.63) is 70.5 Å². The Balaban J connectivity index is 1.78. The van der Waals surface area contributed by atoms with Crippen molar-refractivity contribution in [3.63, 3.8) is 0 Å². The van der Waals surface area contributed by atoms with E-state index in [0.29, 0.717) is 30.6 Å². The van der Waals surface area contributed by atoms with Crippen LogP contribution in [0.25, 0.3) is 11.3 Å². The Morgan fingerprint density at radius 1 is 1.17 bits per heavy atom. The summed E-state index contributed by atoms with van der Waals surface area (Å²) in [5.74, 6) is -0.228. The number of nitriles is 1. The molecular weight excluding hydrogens is 385 g/mol. The monoisotopic (exact) mass is 400 g/mol. The number of Topliss-reactive ketones (excluding diaryl/α,β-unsaturated/α-hetero) is 1. The van der Waals surface area contributed by atoms with Crippen molar-refractivity contribution in [1.29, 1.82) is 5.26 Å². The number of hydrogen-bond acceptors (Lipinski definition) is 5. The summed E-state index contributed by atoms with van der Waals surface area (Å²) in [6.45, 7) is 0. The maximum absolute atomic E-state index is 13.0. The number of furan rings is 1. The lowest BCUT2D eigenvalue weighted by Crippen LogP contribution is -2.27. The third kappa shape index (κ3) is 3.29. The van der Waals surface area contributed by atoms with Gasteiger partial charge < -0.3 is 14.9 Å². The predicted octanol–water partition coefficient (Wildman–Crippen LogP) is 4.78. The van der Waals surface area contributed by atoms with Gasteiger partial charge in [0.15, 0.2) is 5.78 Å². The van der Waals surface area contributed by atoms with Crippen LogP contribution >= 0.6 is 0 Å². The van der Waals surface area contributed by atoms with Crippen LogP contribution in [0, 0.1) is 11.3 Å². The standard InChI is InChI=1S/C21H15F3N2O3/c22-21(23,24)12-4-1-3-11(9-12)15-7-8-17(28-15)18-13(10-25)20(26)29-16-6-2-5-14(27)19(16)18/h1,3-4,7-9,18H,2,5-6,26H2/t18-/m0/s1. The maximum Gasteiger partial charge on any atom is 0.416 e. The van der Waals surface area contributed by atoms with E-state index < -0.39 is 17.7 Å². The number of nitrogens with two attached hydrogens (primary N) is 1. The van der Waals surface area contributed by atoms with Gasteiger partial charge in [-0.05, 0) is 30.7 Å². The molecule has 4 rings (SSSR count). The highest BCUT2D eigenvalue weighted by Gasteiger charge is 2.39. The van der Waals surface area contributed by atoms with E-state index in [1.165, 1.54) is 18.2 Å². The lowest BCUT2D eigenvalue weighted by Gasteiger charge is -2.29. The minimum Gasteiger partial charge on any atom is -0.460 e. The van der Waals surface area contributed by atoms with Gasteiger partial charge in [0.2, 0.25) is 5.88 Å². The summed E-state index contributed by atoms with van der Waals surface area (Å²) < 4.78 is 50.3. The van der Waals surface area contributed by atoms with Crippen molar-refractivity contribution < 1.29 is 27.1 Å². The molecule has 0 radical (unpaired) electrons. The average Bonchev–Trinajstić information content (AvgIpc) is 3.16. The van der Waals surface area contributed by atoms with Gasteiger partial charge in [0.1, 0.15) is 28.9 Å². The van der Waals surface area contributed by atoms with Gasteiger partial charge in [0, 0.05) is 24.0 Å². The van der Waals surface area contributed by atoms with Crippen molar-refractivity contribution >= 4 is 5.78 Å². The molecule has 0 bridgehead atoms. The number of ether oxygens (including phenoxy) is 1. The molecule has 0 unspecified atom stereocenters. The summed E-state index contributed by atoms with van der Waals surface area (Å²) >= 11 is 0. The number of hydrogen-bond donors (Lipinski definition) is 1. The van der Waals surface area contributed by atoms with Gasteiger partial charge in [-0.3, -0.25) is 4.79 Å². The fourth-order valence-electron chi connectivity index (χ4n) is 3.65. The first-order valence-electron chi connectivity index (χ1n) is 8.91. The Bertz CT molecular complexity index is 1100. The van der Waals surface area contributed by atoms with Crippen molar-refractivity contribution in [2.75, 3.05) is 0 Å². The second-order valence-electron chi connectivity index (χ2n) is 6.82. The molecule has 2 aromatic rings. The first-order chi connectivity index (χ1) is 13.8. The van der Waals surface area contributed by atoms with Crippen LogP contribution in [-0.4, -0.2) is 5.78 Å². The lowest BCUT2D eigenvalue weighted by molar-refractivity contribution is -0.137. The number of nitrogens with zero attached hydrogens (tertiary/aromatic N) is 1. The second-order valence-corrected chi connectivity index (χ2v) is 6.82. The summed E-state index contributed by atoms with van der Waals surface area (Å²) in [5.41, 5.74) is 5.69. The molecule has 1 atom stereocenters. The summed E-state index contributed by atoms with van der Waals surface area (Å²) in [4.78, 5) is 12.5. The molecule has 8 heteroatoms. The van der Waals surface area contributed by atoms with Crippen LogP contribution in [0.2, 0.25) is 0 Å². The number of ketones is 1. The molecule has 29 heavy (non-hydrogen) atoms. The zero-order valence-electron chi connectivity index (χ0n) is 15.0. The van der Waals surface area contributed by atoms with Crippen molar-refractivity contribution in [2.24, 2.45) is 5.73 Å². The molecule has 1 aliphatic heterocycles. The first-order valence-corrected chi connectivity index (χ1v) is 8.91. The number of benzene rings is 1. The van der Waals surface area contributed by atoms with E-state index in [1.807, 2.05) is 6.07 Å². The predicted molar refractivity (Wildman–Crippen MR) is 95.7 cm³/mol. The molecule has 0 amide bonds. The number of rotatable bonds is 2. The molecular formula is C21H15F3N2O3. The van der Waals surface area contributed by atoms with Gasteiger partial charge in [0.05, 0.1) is 11.5 Å². The maximum atomic E-state index is 13.0. The average molecular weight is 400 g/mol. The molecule has 2 N–H and O–H groups in total. The smallest absolute Gasteiger partial charge is 0.416 e. The van der Waals surface area contributed by atoms with Gasteiger partial charge in [-0.1, -0.05) is 12.1 Å². The number of alkyl halides is 3. The molecule has 1 aromatic heterocycles. The Morgan fingerprint density at radius 3 is 2.69 bits per heavy atom. The highest BCUT2D eigenvalue weighted by molar-refractivity contribution is 5.99. The molecule has 1 aliphatic carbocycles. The number of allylic oxidation sites excluding steroid dienone is 3. The zero-order valence-corrected chi connectivity index (χ0v) is 15.0. The van der Waals surface area contributed by atoms with E-state index >= 15 is 0 Å². The van der Waals surface area contributed by atoms with Crippen molar-refractivity contribution in [2.45, 2.75) is 31.4 Å². The topological polar surface area (TPSA) is 89.3 Å². The molecule has 5 nitrogen and oxygen atoms in total. The van der Waals surface area contributed by atoms with E-state index in [0.717, 1.165) is 12.1 Å². The van der Waals surface area contributed by atoms with Gasteiger partial charge in [-0.2, -0.15) is 18.4 Å². The zero-order chi connectivity index (χ0) is 20.8. The third-order valence-electron chi connectivity index (χ3n) is 4.99. The lowest BCUT2D eigenvalue weighted by atomic mass is 9.80. The van der Waals surface area contributed by atoms with Crippen LogP contribution in [0.5, 0.6) is 0 Å². The fraction of sp³-hybridized carbons (Fsp3) is 0.238. The van der Waals surface area contributed by atoms with Gasteiger partial charge >= 0.3 is 6.18 Å². The highest BCUT2D eigenvalue weighted by Crippen LogP contribution is 2.44. The van der Waals surface area contributed by atoms with E-state index in [2.05, 4.69) is 0 Å². The molecule has 0 saturated heterocycles. The van der Waals surface area contributed by atoms with E-state index in [9.17, 15) is 23.2 Å². The van der Waals surface area contributed by atoms with Crippen LogP contribution in [-0.2, 0) is 15.7 Å². The fourth-order valence-corrected chi connectivity index (χ4v) is 3.65. The molecule has 148 valence electrons. The summed E-state index contributed by atoms with van der Waals surface area (Å²) in [7, 11) is 0. The van der Waals surface area contributed by atoms with Crippen molar-refractivity contribution in [3.8, 4) is 17.4 Å². The molecule has 0 spiro atoms. The molecule has 2 aliphatic rings. The number of halogens is 3. The van der Waals surface area contributed by atoms with Crippen molar-refractivity contribution in [1.82, 2.24) is 0 Å². The highest BCUT2D eigenvalue weighted by atomic mass is 19.4. The Morgan fingerprint density at radius 2 is 1.97 bits per heavy atom. The van der Waals surface area contributed by atoms with Crippen LogP contribution < -0.4 is 5.73 Å². The van der Waals surface area contributed by atoms with E-state index in [4.69, 9.17) is 14.9 Å². The number of carbonyl (C=O) groups excluding carboxylic acids is 1. The molecule has 0 saturated carbocycles. The molecule has 1 aromatic carbocycles. The Hall–Kier alpha value is -3.47. The number of carbonyl (C=O) groups is 1. The summed E-state index contributed by atoms with van der Waals surface area (Å²) in [5, 5.41) is 9.55. The van der Waals surface area contributed by atoms with Crippen LogP contribution in [0.15, 0.2) is 63.6 Å². The minimum absolute atomic E-state index is 0.0453. The summed E-state index contributed by atoms with van der Waals surface area (Å²) in [6.07, 6.45) is -3.03. The second kappa shape index (κ2) is 6.85. The van der Waals surface area contributed by atoms with E-state index in [-0.39, 0.29) is 34.3 Å². The molecule has 0 fully saturated rings.